The lowest BCUT2D eigenvalue weighted by Gasteiger charge is -2.13. The van der Waals surface area contributed by atoms with Gasteiger partial charge in [0.1, 0.15) is 6.04 Å². The van der Waals surface area contributed by atoms with Crippen LogP contribution >= 0.6 is 0 Å². The number of nitro groups is 1. The van der Waals surface area contributed by atoms with E-state index >= 15 is 0 Å². The minimum absolute atomic E-state index is 0.0323. The zero-order valence-electron chi connectivity index (χ0n) is 10.8. The fourth-order valence-corrected chi connectivity index (χ4v) is 1.47. The molecule has 0 saturated heterocycles. The van der Waals surface area contributed by atoms with Crippen molar-refractivity contribution in [3.63, 3.8) is 0 Å². The van der Waals surface area contributed by atoms with Crippen molar-refractivity contribution in [1.82, 2.24) is 10.6 Å². The van der Waals surface area contributed by atoms with Gasteiger partial charge < -0.3 is 15.7 Å². The molecule has 0 aromatic heterocycles. The van der Waals surface area contributed by atoms with Crippen LogP contribution in [0.25, 0.3) is 0 Å². The molecular weight excluding hydrogens is 266 g/mol. The molecule has 3 N–H and O–H groups in total. The maximum absolute atomic E-state index is 11.5. The summed E-state index contributed by atoms with van der Waals surface area (Å²) >= 11 is 0. The monoisotopic (exact) mass is 281 g/mol. The van der Waals surface area contributed by atoms with E-state index in [-0.39, 0.29) is 18.7 Å². The number of benzene rings is 1. The van der Waals surface area contributed by atoms with E-state index in [2.05, 4.69) is 10.6 Å². The minimum atomic E-state index is -1.10. The Morgan fingerprint density at radius 2 is 1.95 bits per heavy atom. The first-order valence-electron chi connectivity index (χ1n) is 5.94. The third kappa shape index (κ3) is 4.56. The summed E-state index contributed by atoms with van der Waals surface area (Å²) in [5, 5.41) is 24.0. The van der Waals surface area contributed by atoms with Gasteiger partial charge in [-0.05, 0) is 12.0 Å². The fraction of sp³-hybridized carbons (Fsp3) is 0.333. The zero-order chi connectivity index (χ0) is 15.1. The van der Waals surface area contributed by atoms with E-state index < -0.39 is 23.0 Å². The van der Waals surface area contributed by atoms with Crippen molar-refractivity contribution in [2.45, 2.75) is 25.9 Å². The Kier molecular flexibility index (Phi) is 5.45. The van der Waals surface area contributed by atoms with Gasteiger partial charge in [-0.15, -0.1) is 0 Å². The molecule has 0 aliphatic heterocycles. The Morgan fingerprint density at radius 3 is 2.40 bits per heavy atom. The van der Waals surface area contributed by atoms with Gasteiger partial charge in [-0.25, -0.2) is 9.59 Å². The van der Waals surface area contributed by atoms with Crippen molar-refractivity contribution in [3.05, 3.63) is 39.9 Å². The molecule has 0 saturated carbocycles. The van der Waals surface area contributed by atoms with Gasteiger partial charge in [-0.2, -0.15) is 0 Å². The van der Waals surface area contributed by atoms with Crippen LogP contribution < -0.4 is 10.6 Å². The lowest BCUT2D eigenvalue weighted by atomic mass is 10.2. The van der Waals surface area contributed by atoms with Crippen LogP contribution in [-0.4, -0.2) is 28.1 Å². The standard InChI is InChI=1S/C12H15N3O5/c1-2-10(11(16)17)14-12(18)13-7-8-3-5-9(6-4-8)15(19)20/h3-6,10H,2,7H2,1H3,(H,16,17)(H2,13,14,18). The average Bonchev–Trinajstić information content (AvgIpc) is 2.42. The molecule has 0 heterocycles. The van der Waals surface area contributed by atoms with E-state index in [9.17, 15) is 19.7 Å². The van der Waals surface area contributed by atoms with E-state index in [4.69, 9.17) is 5.11 Å². The Morgan fingerprint density at radius 1 is 1.35 bits per heavy atom. The predicted octanol–water partition coefficient (Wildman–Crippen LogP) is 1.26. The van der Waals surface area contributed by atoms with Gasteiger partial charge in [0.15, 0.2) is 0 Å². The number of urea groups is 1. The highest BCUT2D eigenvalue weighted by Gasteiger charge is 2.17. The quantitative estimate of drug-likeness (QED) is 0.535. The molecule has 20 heavy (non-hydrogen) atoms. The van der Waals surface area contributed by atoms with Gasteiger partial charge in [0.2, 0.25) is 0 Å². The number of hydrogen-bond acceptors (Lipinski definition) is 4. The normalized spacial score (nSPS) is 11.4. The van der Waals surface area contributed by atoms with Crippen molar-refractivity contribution in [2.24, 2.45) is 0 Å². The van der Waals surface area contributed by atoms with Gasteiger partial charge in [0.25, 0.3) is 5.69 Å². The van der Waals surface area contributed by atoms with Gasteiger partial charge in [-0.3, -0.25) is 10.1 Å². The number of carboxylic acid groups (broad SMARTS) is 1. The Hall–Kier alpha value is -2.64. The van der Waals surface area contributed by atoms with Crippen LogP contribution in [0, 0.1) is 10.1 Å². The van der Waals surface area contributed by atoms with Crippen LogP contribution in [0.15, 0.2) is 24.3 Å². The first-order chi connectivity index (χ1) is 9.43. The van der Waals surface area contributed by atoms with Crippen LogP contribution in [0.3, 0.4) is 0 Å². The second kappa shape index (κ2) is 7.07. The molecule has 1 rings (SSSR count). The summed E-state index contributed by atoms with van der Waals surface area (Å²) in [7, 11) is 0. The van der Waals surface area contributed by atoms with E-state index in [1.165, 1.54) is 24.3 Å². The average molecular weight is 281 g/mol. The largest absolute Gasteiger partial charge is 0.480 e. The van der Waals surface area contributed by atoms with Crippen molar-refractivity contribution in [1.29, 1.82) is 0 Å². The molecule has 0 fully saturated rings. The summed E-state index contributed by atoms with van der Waals surface area (Å²) in [6, 6.07) is 4.17. The molecule has 0 aliphatic rings. The number of amides is 2. The number of carbonyl (C=O) groups is 2. The van der Waals surface area contributed by atoms with Gasteiger partial charge in [-0.1, -0.05) is 19.1 Å². The highest BCUT2D eigenvalue weighted by atomic mass is 16.6. The highest BCUT2D eigenvalue weighted by Crippen LogP contribution is 2.11. The maximum Gasteiger partial charge on any atom is 0.326 e. The Bertz CT molecular complexity index is 500. The van der Waals surface area contributed by atoms with Crippen molar-refractivity contribution >= 4 is 17.7 Å². The molecule has 8 nitrogen and oxygen atoms in total. The third-order valence-corrected chi connectivity index (χ3v) is 2.61. The van der Waals surface area contributed by atoms with E-state index in [0.717, 1.165) is 0 Å². The van der Waals surface area contributed by atoms with Gasteiger partial charge in [0, 0.05) is 18.7 Å². The van der Waals surface area contributed by atoms with Crippen LogP contribution in [-0.2, 0) is 11.3 Å². The third-order valence-electron chi connectivity index (χ3n) is 2.61. The molecule has 1 aromatic carbocycles. The summed E-state index contributed by atoms with van der Waals surface area (Å²) in [5.74, 6) is -1.10. The topological polar surface area (TPSA) is 122 Å². The van der Waals surface area contributed by atoms with Gasteiger partial charge in [0.05, 0.1) is 4.92 Å². The number of nitro benzene ring substituents is 1. The molecule has 0 spiro atoms. The number of non-ortho nitro benzene ring substituents is 1. The Balaban J connectivity index is 2.48. The predicted molar refractivity (Wildman–Crippen MR) is 70.2 cm³/mol. The summed E-state index contributed by atoms with van der Waals surface area (Å²) in [4.78, 5) is 32.2. The lowest BCUT2D eigenvalue weighted by Crippen LogP contribution is -2.45. The maximum atomic E-state index is 11.5. The molecular formula is C12H15N3O5. The molecule has 1 aromatic rings. The minimum Gasteiger partial charge on any atom is -0.480 e. The highest BCUT2D eigenvalue weighted by molar-refractivity contribution is 5.82. The molecule has 2 amide bonds. The lowest BCUT2D eigenvalue weighted by molar-refractivity contribution is -0.384. The molecule has 0 radical (unpaired) electrons. The van der Waals surface area contributed by atoms with Crippen LogP contribution in [0.2, 0.25) is 0 Å². The number of nitrogens with zero attached hydrogens (tertiary/aromatic N) is 1. The molecule has 1 unspecified atom stereocenters. The van der Waals surface area contributed by atoms with E-state index in [0.29, 0.717) is 5.56 Å². The smallest absolute Gasteiger partial charge is 0.326 e. The van der Waals surface area contributed by atoms with Crippen molar-refractivity contribution < 1.29 is 19.6 Å². The molecule has 8 heteroatoms. The number of carbonyl (C=O) groups excluding carboxylic acids is 1. The van der Waals surface area contributed by atoms with Crippen LogP contribution in [0.4, 0.5) is 10.5 Å². The summed E-state index contributed by atoms with van der Waals surface area (Å²) < 4.78 is 0. The van der Waals surface area contributed by atoms with Crippen LogP contribution in [0.1, 0.15) is 18.9 Å². The molecule has 0 aliphatic carbocycles. The second-order valence-electron chi connectivity index (χ2n) is 4.05. The number of rotatable bonds is 6. The number of carboxylic acids is 1. The number of nitrogens with one attached hydrogen (secondary N) is 2. The second-order valence-corrected chi connectivity index (χ2v) is 4.05. The van der Waals surface area contributed by atoms with Crippen molar-refractivity contribution in [3.8, 4) is 0 Å². The Labute approximate surface area is 114 Å². The first kappa shape index (κ1) is 15.4. The fourth-order valence-electron chi connectivity index (χ4n) is 1.47. The first-order valence-corrected chi connectivity index (χ1v) is 5.94. The summed E-state index contributed by atoms with van der Waals surface area (Å²) in [6.07, 6.45) is 0.278. The number of aliphatic carboxylic acids is 1. The van der Waals surface area contributed by atoms with E-state index in [1.54, 1.807) is 6.92 Å². The summed E-state index contributed by atoms with van der Waals surface area (Å²) in [5.41, 5.74) is 0.643. The van der Waals surface area contributed by atoms with Gasteiger partial charge >= 0.3 is 12.0 Å². The van der Waals surface area contributed by atoms with Crippen molar-refractivity contribution in [2.75, 3.05) is 0 Å². The van der Waals surface area contributed by atoms with E-state index in [1.807, 2.05) is 0 Å². The zero-order valence-corrected chi connectivity index (χ0v) is 10.8. The molecule has 1 atom stereocenters. The summed E-state index contributed by atoms with van der Waals surface area (Å²) in [6.45, 7) is 1.80. The SMILES string of the molecule is CCC(NC(=O)NCc1ccc([N+](=O)[O-])cc1)C(=O)O. The van der Waals surface area contributed by atoms with Crippen LogP contribution in [0.5, 0.6) is 0 Å². The molecule has 0 bridgehead atoms. The number of hydrogen-bond donors (Lipinski definition) is 3. The molecule has 108 valence electrons.